The third-order valence-electron chi connectivity index (χ3n) is 4.01. The monoisotopic (exact) mass is 369 g/mol. The first-order valence-electron chi connectivity index (χ1n) is 7.49. The number of halogens is 1. The Morgan fingerprint density at radius 2 is 1.96 bits per heavy atom. The fourth-order valence-electron chi connectivity index (χ4n) is 2.68. The minimum absolute atomic E-state index is 0.00613. The lowest BCUT2D eigenvalue weighted by molar-refractivity contribution is -0.384. The van der Waals surface area contributed by atoms with Gasteiger partial charge in [-0.2, -0.15) is 5.26 Å². The number of hydrogen-bond donors (Lipinski definition) is 0. The largest absolute Gasteiger partial charge is 0.497 e. The van der Waals surface area contributed by atoms with Crippen molar-refractivity contribution in [2.24, 2.45) is 0 Å². The van der Waals surface area contributed by atoms with Crippen LogP contribution in [0.15, 0.2) is 47.3 Å². The topological polar surface area (TPSA) is 98.2 Å². The van der Waals surface area contributed by atoms with Gasteiger partial charge in [-0.25, -0.2) is 0 Å². The molecule has 0 amide bonds. The average Bonchev–Trinajstić information content (AvgIpc) is 2.65. The predicted octanol–water partition coefficient (Wildman–Crippen LogP) is 3.49. The Hall–Kier alpha value is -3.37. The van der Waals surface area contributed by atoms with E-state index in [9.17, 15) is 20.2 Å². The molecular weight excluding hydrogens is 358 g/mol. The van der Waals surface area contributed by atoms with Crippen molar-refractivity contribution >= 4 is 28.2 Å². The number of nitriles is 1. The Labute approximate surface area is 152 Å². The van der Waals surface area contributed by atoms with Gasteiger partial charge in [-0.15, -0.1) is 0 Å². The smallest absolute Gasteiger partial charge is 0.271 e. The number of hydrogen-bond acceptors (Lipinski definition) is 5. The highest BCUT2D eigenvalue weighted by molar-refractivity contribution is 6.36. The van der Waals surface area contributed by atoms with Gasteiger partial charge in [0, 0.05) is 17.5 Å². The van der Waals surface area contributed by atoms with Crippen molar-refractivity contribution in [1.29, 1.82) is 5.26 Å². The Balaban J connectivity index is 2.26. The molecule has 0 fully saturated rings. The number of rotatable bonds is 4. The number of methoxy groups -OCH3 is 1. The van der Waals surface area contributed by atoms with Gasteiger partial charge in [-0.05, 0) is 23.8 Å². The molecule has 2 aromatic carbocycles. The summed E-state index contributed by atoms with van der Waals surface area (Å²) in [6.45, 7) is 0.131. The molecule has 1 aromatic heterocycles. The second-order valence-electron chi connectivity index (χ2n) is 5.50. The average molecular weight is 370 g/mol. The van der Waals surface area contributed by atoms with Crippen LogP contribution in [0, 0.1) is 21.4 Å². The Kier molecular flexibility index (Phi) is 4.61. The highest BCUT2D eigenvalue weighted by Crippen LogP contribution is 2.28. The van der Waals surface area contributed by atoms with Gasteiger partial charge in [-0.3, -0.25) is 14.9 Å². The fourth-order valence-corrected chi connectivity index (χ4v) is 2.97. The Morgan fingerprint density at radius 1 is 1.27 bits per heavy atom. The summed E-state index contributed by atoms with van der Waals surface area (Å²) < 4.78 is 6.42. The highest BCUT2D eigenvalue weighted by Gasteiger charge is 2.18. The standard InChI is InChI=1S/C18H12ClN3O4/c1-26-13-5-2-11(3-6-13)10-21-16-8-12(22(24)25)4-7-14(16)17(19)15(9-20)18(21)23/h2-8H,10H2,1H3. The van der Waals surface area contributed by atoms with E-state index in [1.807, 2.05) is 6.07 Å². The molecule has 7 nitrogen and oxygen atoms in total. The number of nitro groups is 1. The fraction of sp³-hybridized carbons (Fsp3) is 0.111. The molecule has 0 radical (unpaired) electrons. The van der Waals surface area contributed by atoms with Crippen molar-refractivity contribution in [3.8, 4) is 11.8 Å². The zero-order valence-corrected chi connectivity index (χ0v) is 14.4. The van der Waals surface area contributed by atoms with Gasteiger partial charge in [-0.1, -0.05) is 23.7 Å². The molecule has 0 N–H and O–H groups in total. The Bertz CT molecular complexity index is 1110. The quantitative estimate of drug-likeness (QED) is 0.517. The molecule has 0 unspecified atom stereocenters. The molecule has 0 spiro atoms. The summed E-state index contributed by atoms with van der Waals surface area (Å²) in [5.41, 5.74) is 0.111. The van der Waals surface area contributed by atoms with Gasteiger partial charge in [0.15, 0.2) is 0 Å². The molecule has 26 heavy (non-hydrogen) atoms. The van der Waals surface area contributed by atoms with E-state index in [1.165, 1.54) is 22.8 Å². The van der Waals surface area contributed by atoms with Gasteiger partial charge < -0.3 is 9.30 Å². The number of aromatic nitrogens is 1. The van der Waals surface area contributed by atoms with Crippen molar-refractivity contribution in [3.63, 3.8) is 0 Å². The molecule has 0 bridgehead atoms. The molecule has 0 saturated heterocycles. The third kappa shape index (κ3) is 2.98. The van der Waals surface area contributed by atoms with Gasteiger partial charge in [0.25, 0.3) is 11.2 Å². The molecule has 8 heteroatoms. The predicted molar refractivity (Wildman–Crippen MR) is 96.7 cm³/mol. The molecule has 0 aliphatic carbocycles. The number of pyridine rings is 1. The van der Waals surface area contributed by atoms with E-state index in [-0.39, 0.29) is 22.8 Å². The first kappa shape index (κ1) is 17.5. The van der Waals surface area contributed by atoms with Crippen molar-refractivity contribution in [3.05, 3.63) is 79.1 Å². The normalized spacial score (nSPS) is 10.5. The van der Waals surface area contributed by atoms with Crippen molar-refractivity contribution < 1.29 is 9.66 Å². The summed E-state index contributed by atoms with van der Waals surface area (Å²) in [4.78, 5) is 23.3. The van der Waals surface area contributed by atoms with E-state index >= 15 is 0 Å². The second kappa shape index (κ2) is 6.86. The first-order chi connectivity index (χ1) is 12.5. The molecule has 3 rings (SSSR count). The van der Waals surface area contributed by atoms with Gasteiger partial charge in [0.05, 0.1) is 29.1 Å². The molecule has 130 valence electrons. The van der Waals surface area contributed by atoms with Crippen molar-refractivity contribution in [2.75, 3.05) is 7.11 Å². The third-order valence-corrected chi connectivity index (χ3v) is 4.40. The van der Waals surface area contributed by atoms with Crippen LogP contribution in [0.3, 0.4) is 0 Å². The van der Waals surface area contributed by atoms with E-state index in [1.54, 1.807) is 31.4 Å². The van der Waals surface area contributed by atoms with Crippen LogP contribution in [0.5, 0.6) is 5.75 Å². The molecule has 0 aliphatic rings. The second-order valence-corrected chi connectivity index (χ2v) is 5.88. The van der Waals surface area contributed by atoms with Crippen molar-refractivity contribution in [1.82, 2.24) is 4.57 Å². The van der Waals surface area contributed by atoms with Crippen LogP contribution in [-0.4, -0.2) is 16.6 Å². The molecule has 3 aromatic rings. The van der Waals surface area contributed by atoms with Crippen LogP contribution < -0.4 is 10.3 Å². The van der Waals surface area contributed by atoms with Crippen LogP contribution in [0.25, 0.3) is 10.9 Å². The Morgan fingerprint density at radius 3 is 2.54 bits per heavy atom. The molecule has 1 heterocycles. The summed E-state index contributed by atoms with van der Waals surface area (Å²) >= 11 is 6.17. The summed E-state index contributed by atoms with van der Waals surface area (Å²) in [6.07, 6.45) is 0. The van der Waals surface area contributed by atoms with Crippen LogP contribution >= 0.6 is 11.6 Å². The number of nitrogens with zero attached hydrogens (tertiary/aromatic N) is 3. The summed E-state index contributed by atoms with van der Waals surface area (Å²) in [6, 6.07) is 12.9. The molecular formula is C18H12ClN3O4. The van der Waals surface area contributed by atoms with Crippen LogP contribution in [-0.2, 0) is 6.54 Å². The maximum Gasteiger partial charge on any atom is 0.271 e. The number of ether oxygens (including phenoxy) is 1. The lowest BCUT2D eigenvalue weighted by atomic mass is 10.1. The zero-order chi connectivity index (χ0) is 18.8. The minimum Gasteiger partial charge on any atom is -0.497 e. The summed E-state index contributed by atoms with van der Waals surface area (Å²) in [7, 11) is 1.55. The van der Waals surface area contributed by atoms with Crippen LogP contribution in [0.4, 0.5) is 5.69 Å². The highest BCUT2D eigenvalue weighted by atomic mass is 35.5. The van der Waals surface area contributed by atoms with E-state index in [0.29, 0.717) is 16.7 Å². The van der Waals surface area contributed by atoms with Crippen LogP contribution in [0.1, 0.15) is 11.1 Å². The van der Waals surface area contributed by atoms with E-state index in [4.69, 9.17) is 16.3 Å². The van der Waals surface area contributed by atoms with Gasteiger partial charge in [0.1, 0.15) is 17.4 Å². The SMILES string of the molecule is COc1ccc(Cn2c(=O)c(C#N)c(Cl)c3ccc([N+](=O)[O-])cc32)cc1. The zero-order valence-electron chi connectivity index (χ0n) is 13.6. The number of non-ortho nitro benzene ring substituents is 1. The number of fused-ring (bicyclic) bond motifs is 1. The van der Waals surface area contributed by atoms with E-state index in [0.717, 1.165) is 5.56 Å². The number of nitro benzene ring substituents is 1. The first-order valence-corrected chi connectivity index (χ1v) is 7.87. The lowest BCUT2D eigenvalue weighted by Gasteiger charge is -2.13. The van der Waals surface area contributed by atoms with E-state index in [2.05, 4.69) is 0 Å². The summed E-state index contributed by atoms with van der Waals surface area (Å²) in [5.74, 6) is 0.662. The molecule has 0 saturated carbocycles. The lowest BCUT2D eigenvalue weighted by Crippen LogP contribution is -2.24. The molecule has 0 atom stereocenters. The van der Waals surface area contributed by atoms with Crippen molar-refractivity contribution in [2.45, 2.75) is 6.54 Å². The number of benzene rings is 2. The maximum atomic E-state index is 12.7. The molecule has 0 aliphatic heterocycles. The van der Waals surface area contributed by atoms with Gasteiger partial charge in [0.2, 0.25) is 0 Å². The van der Waals surface area contributed by atoms with E-state index < -0.39 is 10.5 Å². The summed E-state index contributed by atoms with van der Waals surface area (Å²) in [5, 5.41) is 20.8. The van der Waals surface area contributed by atoms with Crippen LogP contribution in [0.2, 0.25) is 5.02 Å². The van der Waals surface area contributed by atoms with Gasteiger partial charge >= 0.3 is 0 Å². The minimum atomic E-state index is -0.596. The maximum absolute atomic E-state index is 12.7.